The maximum atomic E-state index is 13.3. The van der Waals surface area contributed by atoms with E-state index in [2.05, 4.69) is 48.9 Å². The molecule has 0 N–H and O–H groups in total. The van der Waals surface area contributed by atoms with Crippen LogP contribution in [0.25, 0.3) is 34.0 Å². The highest BCUT2D eigenvalue weighted by atomic mass is 16.1. The normalized spacial score (nSPS) is 11.7. The fraction of sp³-hybridized carbons (Fsp3) is 0.111. The number of para-hydroxylation sites is 2. The zero-order valence-corrected chi connectivity index (χ0v) is 17.6. The molecule has 152 valence electrons. The van der Waals surface area contributed by atoms with Crippen LogP contribution in [0.15, 0.2) is 83.7 Å². The predicted octanol–water partition coefficient (Wildman–Crippen LogP) is 5.42. The van der Waals surface area contributed by atoms with E-state index in [0.717, 1.165) is 11.1 Å². The lowest BCUT2D eigenvalue weighted by Crippen LogP contribution is -2.24. The van der Waals surface area contributed by atoms with E-state index in [1.54, 1.807) is 4.57 Å². The quantitative estimate of drug-likeness (QED) is 0.401. The van der Waals surface area contributed by atoms with Crippen LogP contribution >= 0.6 is 0 Å². The minimum absolute atomic E-state index is 0.0243. The van der Waals surface area contributed by atoms with E-state index >= 15 is 0 Å². The number of hydrogen-bond donors (Lipinski definition) is 0. The molecular formula is C27H23N3O. The maximum absolute atomic E-state index is 13.3. The Morgan fingerprint density at radius 1 is 0.839 bits per heavy atom. The molecule has 0 aliphatic rings. The molecule has 31 heavy (non-hydrogen) atoms. The third-order valence-corrected chi connectivity index (χ3v) is 5.92. The average molecular weight is 406 g/mol. The van der Waals surface area contributed by atoms with Crippen molar-refractivity contribution in [3.63, 3.8) is 0 Å². The first-order valence-electron chi connectivity index (χ1n) is 10.4. The highest BCUT2D eigenvalue weighted by Crippen LogP contribution is 2.26. The number of fused-ring (bicyclic) bond motifs is 2. The lowest BCUT2D eigenvalue weighted by atomic mass is 10.1. The van der Waals surface area contributed by atoms with Crippen LogP contribution in [0.3, 0.4) is 0 Å². The fourth-order valence-corrected chi connectivity index (χ4v) is 4.15. The van der Waals surface area contributed by atoms with E-state index < -0.39 is 0 Å². The molecule has 0 saturated carbocycles. The summed E-state index contributed by atoms with van der Waals surface area (Å²) >= 11 is 0. The van der Waals surface area contributed by atoms with Gasteiger partial charge in [-0.2, -0.15) is 0 Å². The van der Waals surface area contributed by atoms with Gasteiger partial charge in [-0.15, -0.1) is 0 Å². The van der Waals surface area contributed by atoms with Crippen molar-refractivity contribution < 1.29 is 0 Å². The minimum Gasteiger partial charge on any atom is -0.347 e. The van der Waals surface area contributed by atoms with E-state index in [1.165, 1.54) is 16.6 Å². The molecule has 5 rings (SSSR count). The Bertz CT molecular complexity index is 1490. The fourth-order valence-electron chi connectivity index (χ4n) is 4.15. The first-order valence-corrected chi connectivity index (χ1v) is 10.4. The molecule has 0 amide bonds. The average Bonchev–Trinajstić information content (AvgIpc) is 3.05. The van der Waals surface area contributed by atoms with Crippen LogP contribution in [0.5, 0.6) is 0 Å². The Hall–Kier alpha value is -3.92. The topological polar surface area (TPSA) is 39.8 Å². The smallest absolute Gasteiger partial charge is 0.261 e. The van der Waals surface area contributed by atoms with Crippen LogP contribution in [0, 0.1) is 6.92 Å². The molecule has 0 unspecified atom stereocenters. The molecule has 5 aromatic rings. The number of aryl methyl sites for hydroxylation is 1. The monoisotopic (exact) mass is 405 g/mol. The molecule has 0 aliphatic heterocycles. The second-order valence-electron chi connectivity index (χ2n) is 7.77. The highest BCUT2D eigenvalue weighted by molar-refractivity contribution is 5.93. The van der Waals surface area contributed by atoms with Crippen molar-refractivity contribution in [2.75, 3.05) is 0 Å². The standard InChI is InChI=1S/C27H23N3O/c1-19-21(22-12-7-9-15-25(22)29(19)2)16-17-26-28-24-14-8-6-13-23(24)27(31)30(26)18-20-10-4-3-5-11-20/h3-17H,18H2,1-2H3. The minimum atomic E-state index is -0.0243. The molecule has 0 saturated heterocycles. The predicted molar refractivity (Wildman–Crippen MR) is 128 cm³/mol. The first kappa shape index (κ1) is 19.1. The molecule has 4 heteroatoms. The molecule has 2 aromatic heterocycles. The third-order valence-electron chi connectivity index (χ3n) is 5.92. The summed E-state index contributed by atoms with van der Waals surface area (Å²) in [5.41, 5.74) is 5.27. The zero-order valence-electron chi connectivity index (χ0n) is 17.6. The Morgan fingerprint density at radius 3 is 2.32 bits per heavy atom. The van der Waals surface area contributed by atoms with Crippen LogP contribution in [0.4, 0.5) is 0 Å². The van der Waals surface area contributed by atoms with Crippen LogP contribution in [0.1, 0.15) is 22.6 Å². The van der Waals surface area contributed by atoms with Crippen molar-refractivity contribution in [2.45, 2.75) is 13.5 Å². The van der Waals surface area contributed by atoms with Gasteiger partial charge in [0.1, 0.15) is 5.82 Å². The molecule has 0 aliphatic carbocycles. The van der Waals surface area contributed by atoms with Gasteiger partial charge >= 0.3 is 0 Å². The molecule has 4 nitrogen and oxygen atoms in total. The Balaban J connectivity index is 1.68. The van der Waals surface area contributed by atoms with E-state index in [0.29, 0.717) is 23.3 Å². The largest absolute Gasteiger partial charge is 0.347 e. The van der Waals surface area contributed by atoms with Crippen molar-refractivity contribution in [3.8, 4) is 0 Å². The van der Waals surface area contributed by atoms with E-state index in [4.69, 9.17) is 4.98 Å². The van der Waals surface area contributed by atoms with E-state index in [-0.39, 0.29) is 5.56 Å². The van der Waals surface area contributed by atoms with Gasteiger partial charge in [0.05, 0.1) is 17.4 Å². The lowest BCUT2D eigenvalue weighted by Gasteiger charge is -2.11. The second kappa shape index (κ2) is 7.73. The van der Waals surface area contributed by atoms with Gasteiger partial charge < -0.3 is 4.57 Å². The lowest BCUT2D eigenvalue weighted by molar-refractivity contribution is 0.738. The molecule has 2 heterocycles. The molecule has 3 aromatic carbocycles. The highest BCUT2D eigenvalue weighted by Gasteiger charge is 2.12. The van der Waals surface area contributed by atoms with Gasteiger partial charge in [-0.3, -0.25) is 9.36 Å². The molecule has 0 atom stereocenters. The Labute approximate surface area is 180 Å². The summed E-state index contributed by atoms with van der Waals surface area (Å²) in [5, 5.41) is 1.83. The van der Waals surface area contributed by atoms with Crippen molar-refractivity contribution in [2.24, 2.45) is 7.05 Å². The van der Waals surface area contributed by atoms with Crippen LogP contribution in [0.2, 0.25) is 0 Å². The summed E-state index contributed by atoms with van der Waals surface area (Å²) in [4.78, 5) is 18.2. The number of nitrogens with zero attached hydrogens (tertiary/aromatic N) is 3. The van der Waals surface area contributed by atoms with Crippen molar-refractivity contribution in [1.29, 1.82) is 0 Å². The summed E-state index contributed by atoms with van der Waals surface area (Å²) in [5.74, 6) is 0.653. The van der Waals surface area contributed by atoms with Gasteiger partial charge in [-0.1, -0.05) is 60.7 Å². The summed E-state index contributed by atoms with van der Waals surface area (Å²) in [6.45, 7) is 2.59. The molecule has 0 radical (unpaired) electrons. The Morgan fingerprint density at radius 2 is 1.52 bits per heavy atom. The van der Waals surface area contributed by atoms with Crippen LogP contribution < -0.4 is 5.56 Å². The van der Waals surface area contributed by atoms with Crippen molar-refractivity contribution in [1.82, 2.24) is 14.1 Å². The number of hydrogen-bond acceptors (Lipinski definition) is 2. The Kier molecular flexibility index (Phi) is 4.75. The summed E-state index contributed by atoms with van der Waals surface area (Å²) in [6, 6.07) is 25.9. The van der Waals surface area contributed by atoms with Crippen molar-refractivity contribution in [3.05, 3.63) is 112 Å². The van der Waals surface area contributed by atoms with Gasteiger partial charge in [0.15, 0.2) is 0 Å². The molecule has 0 spiro atoms. The summed E-state index contributed by atoms with van der Waals surface area (Å²) in [6.07, 6.45) is 4.04. The summed E-state index contributed by atoms with van der Waals surface area (Å²) < 4.78 is 3.95. The van der Waals surface area contributed by atoms with Gasteiger partial charge in [-0.05, 0) is 42.8 Å². The molecular weight excluding hydrogens is 382 g/mol. The SMILES string of the molecule is Cc1c(C=Cc2nc3ccccc3c(=O)n2Cc2ccccc2)c2ccccc2n1C. The first-order chi connectivity index (χ1) is 15.1. The van der Waals surface area contributed by atoms with Gasteiger partial charge in [-0.25, -0.2) is 4.98 Å². The zero-order chi connectivity index (χ0) is 21.4. The van der Waals surface area contributed by atoms with Crippen molar-refractivity contribution >= 4 is 34.0 Å². The van der Waals surface area contributed by atoms with Gasteiger partial charge in [0, 0.05) is 29.2 Å². The van der Waals surface area contributed by atoms with E-state index in [1.807, 2.05) is 60.7 Å². The van der Waals surface area contributed by atoms with Gasteiger partial charge in [0.2, 0.25) is 0 Å². The third kappa shape index (κ3) is 3.36. The number of rotatable bonds is 4. The second-order valence-corrected chi connectivity index (χ2v) is 7.77. The number of benzene rings is 3. The number of aromatic nitrogens is 3. The molecule has 0 fully saturated rings. The van der Waals surface area contributed by atoms with Gasteiger partial charge in [0.25, 0.3) is 5.56 Å². The maximum Gasteiger partial charge on any atom is 0.261 e. The van der Waals surface area contributed by atoms with E-state index in [9.17, 15) is 4.79 Å². The van der Waals surface area contributed by atoms with Crippen LogP contribution in [-0.4, -0.2) is 14.1 Å². The van der Waals surface area contributed by atoms with Crippen LogP contribution in [-0.2, 0) is 13.6 Å². The summed E-state index contributed by atoms with van der Waals surface area (Å²) in [7, 11) is 2.08. The molecule has 0 bridgehead atoms.